The molecule has 1 saturated carbocycles. The van der Waals surface area contributed by atoms with Crippen molar-refractivity contribution in [2.75, 3.05) is 0 Å². The van der Waals surface area contributed by atoms with Gasteiger partial charge in [0.05, 0.1) is 0 Å². The monoisotopic (exact) mass is 564 g/mol. The second kappa shape index (κ2) is 7.98. The van der Waals surface area contributed by atoms with Crippen molar-refractivity contribution in [3.8, 4) is 16.9 Å². The Morgan fingerprint density at radius 1 is 0.880 bits per heavy atom. The molecule has 0 saturated heterocycles. The van der Waals surface area contributed by atoms with E-state index in [1.165, 1.54) is 37.3 Å². The predicted molar refractivity (Wildman–Crippen MR) is 84.9 cm³/mol. The van der Waals surface area contributed by atoms with Gasteiger partial charge < -0.3 is 4.74 Å². The molecule has 0 heterocycles. The number of hydrogen-bond donors (Lipinski definition) is 0. The zero-order valence-corrected chi connectivity index (χ0v) is 22.2. The molecule has 25 heavy (non-hydrogen) atoms. The molecule has 6 heteroatoms. The second-order valence-electron chi connectivity index (χ2n) is 6.77. The van der Waals surface area contributed by atoms with Crippen molar-refractivity contribution in [2.24, 2.45) is 0 Å². The van der Waals surface area contributed by atoms with Gasteiger partial charge in [-0.15, -0.1) is 13.2 Å². The summed E-state index contributed by atoms with van der Waals surface area (Å²) in [5, 5.41) is 0. The Bertz CT molecular complexity index is 719. The number of benzene rings is 2. The molecule has 0 aromatic heterocycles. The van der Waals surface area contributed by atoms with Gasteiger partial charge in [-0.2, -0.15) is 0 Å². The minimum Gasteiger partial charge on any atom is -0.403 e. The summed E-state index contributed by atoms with van der Waals surface area (Å²) in [5.41, 5.74) is 2.61. The molecule has 0 amide bonds. The Hall–Kier alpha value is -0.572. The van der Waals surface area contributed by atoms with Crippen molar-refractivity contribution in [3.63, 3.8) is 0 Å². The van der Waals surface area contributed by atoms with Crippen LogP contribution in [0.25, 0.3) is 11.1 Å². The van der Waals surface area contributed by atoms with Crippen molar-refractivity contribution in [1.82, 2.24) is 0 Å². The van der Waals surface area contributed by atoms with Crippen molar-refractivity contribution in [2.45, 2.75) is 38.9 Å². The van der Waals surface area contributed by atoms with Crippen LogP contribution in [-0.4, -0.2) is 6.36 Å². The minimum atomic E-state index is -4.90. The number of hydrogen-bond acceptors (Lipinski definition) is 1. The van der Waals surface area contributed by atoms with Gasteiger partial charge in [-0.3, -0.25) is 0 Å². The molecule has 1 aliphatic rings. The normalized spacial score (nSPS) is 21.1. The molecule has 2 aromatic carbocycles. The molecule has 0 unspecified atom stereocenters. The summed E-state index contributed by atoms with van der Waals surface area (Å²) in [6.45, 7) is 0. The maximum absolute atomic E-state index is 13.9. The van der Waals surface area contributed by atoms with Crippen LogP contribution in [0.3, 0.4) is 0 Å². The topological polar surface area (TPSA) is 9.23 Å². The van der Waals surface area contributed by atoms with Gasteiger partial charge >= 0.3 is 157 Å². The SMILES string of the molecule is Fc1cc(-c2ccc(C3CC[CH]([RaH])CC3)cc2)ccc1OC(F)(F)F. The zero-order valence-electron chi connectivity index (χ0n) is 13.9. The molecule has 2 aromatic rings. The minimum absolute atomic E-state index is 0.533. The first-order valence-electron chi connectivity index (χ1n) is 8.47. The summed E-state index contributed by atoms with van der Waals surface area (Å²) in [6, 6.07) is 11.5. The Morgan fingerprint density at radius 3 is 2.04 bits per heavy atom. The van der Waals surface area contributed by atoms with Crippen LogP contribution in [0.2, 0.25) is 0.959 Å². The average Bonchev–Trinajstić information content (AvgIpc) is 2.56. The molecule has 0 aliphatic heterocycles. The maximum atomic E-state index is 13.9. The van der Waals surface area contributed by atoms with Gasteiger partial charge in [0.1, 0.15) is 0 Å². The first-order chi connectivity index (χ1) is 11.8. The Balaban J connectivity index is 1.75. The molecular formula is C19H18F4ORa. The van der Waals surface area contributed by atoms with Gasteiger partial charge in [-0.25, -0.2) is 0 Å². The summed E-state index contributed by atoms with van der Waals surface area (Å²) in [6.07, 6.45) is 0.249. The van der Waals surface area contributed by atoms with Crippen molar-refractivity contribution < 1.29 is 65.1 Å². The summed E-state index contributed by atoms with van der Waals surface area (Å²) in [7, 11) is 0. The van der Waals surface area contributed by atoms with Crippen molar-refractivity contribution in [3.05, 3.63) is 53.8 Å². The molecule has 0 radical (unpaired) electrons. The number of ether oxygens (including phenoxy) is 1. The van der Waals surface area contributed by atoms with Gasteiger partial charge in [-0.05, 0) is 0 Å². The van der Waals surface area contributed by atoms with Crippen LogP contribution < -0.4 is 4.74 Å². The summed E-state index contributed by atoms with van der Waals surface area (Å²) >= 11 is 0.604. The molecule has 3 rings (SSSR count). The van der Waals surface area contributed by atoms with Crippen LogP contribution in [0.5, 0.6) is 5.75 Å². The molecule has 0 atom stereocenters. The van der Waals surface area contributed by atoms with E-state index in [0.717, 1.165) is 18.7 Å². The van der Waals surface area contributed by atoms with Crippen LogP contribution in [0.15, 0.2) is 42.5 Å². The van der Waals surface area contributed by atoms with E-state index in [-0.39, 0.29) is 0 Å². The molecule has 1 aliphatic carbocycles. The summed E-state index contributed by atoms with van der Waals surface area (Å²) in [5.74, 6) is -1.23. The first kappa shape index (κ1) is 19.2. The quantitative estimate of drug-likeness (QED) is 0.409. The third-order valence-corrected chi connectivity index (χ3v) is 9.63. The molecule has 0 N–H and O–H groups in total. The second-order valence-corrected chi connectivity index (χ2v) is 13.5. The van der Waals surface area contributed by atoms with Crippen LogP contribution in [0, 0.1) is 48.6 Å². The van der Waals surface area contributed by atoms with E-state index in [9.17, 15) is 17.6 Å². The van der Waals surface area contributed by atoms with E-state index in [0.29, 0.717) is 54.3 Å². The van der Waals surface area contributed by atoms with E-state index < -0.39 is 17.9 Å². The molecule has 0 spiro atoms. The van der Waals surface area contributed by atoms with E-state index in [4.69, 9.17) is 0 Å². The number of alkyl halides is 3. The third-order valence-electron chi connectivity index (χ3n) is 4.89. The molecule has 0 bridgehead atoms. The fourth-order valence-electron chi connectivity index (χ4n) is 3.43. The van der Waals surface area contributed by atoms with E-state index in [1.54, 1.807) is 0 Å². The van der Waals surface area contributed by atoms with Gasteiger partial charge in [0.25, 0.3) is 0 Å². The molecular weight excluding hydrogens is 546 g/mol. The number of rotatable bonds is 3. The Kier molecular flexibility index (Phi) is 6.13. The predicted octanol–water partition coefficient (Wildman–Crippen LogP) is 6.12. The smallest absolute Gasteiger partial charge is 0.403 e. The van der Waals surface area contributed by atoms with Gasteiger partial charge in [0.15, 0.2) is 0 Å². The van der Waals surface area contributed by atoms with Crippen LogP contribution >= 0.6 is 0 Å². The standard InChI is InChI=1S/C19H17F4O.Ra.H/c20-17-12-16(10-11-18(17)24-19(21,22)23)15-8-6-14(7-9-15)13-4-2-1-3-5-13;;/h1,6-13H,2-5H2;;. The van der Waals surface area contributed by atoms with Gasteiger partial charge in [0.2, 0.25) is 0 Å². The van der Waals surface area contributed by atoms with Gasteiger partial charge in [-0.1, -0.05) is 0 Å². The molecule has 1 nitrogen and oxygen atoms in total. The van der Waals surface area contributed by atoms with Crippen LogP contribution in [0.1, 0.15) is 37.2 Å². The van der Waals surface area contributed by atoms with Crippen LogP contribution in [0.4, 0.5) is 17.6 Å². The fourth-order valence-corrected chi connectivity index (χ4v) is 6.17. The number of halogens is 4. The molecule has 130 valence electrons. The summed E-state index contributed by atoms with van der Waals surface area (Å²) < 4.78 is 55.1. The van der Waals surface area contributed by atoms with Gasteiger partial charge in [0, 0.05) is 0 Å². The fraction of sp³-hybridized carbons (Fsp3) is 0.368. The van der Waals surface area contributed by atoms with Crippen molar-refractivity contribution >= 4 is 0 Å². The Labute approximate surface area is 173 Å². The third kappa shape index (κ3) is 5.21. The van der Waals surface area contributed by atoms with Crippen LogP contribution in [-0.2, 0) is 0 Å². The van der Waals surface area contributed by atoms with E-state index >= 15 is 0 Å². The van der Waals surface area contributed by atoms with E-state index in [2.05, 4.69) is 16.9 Å². The Morgan fingerprint density at radius 2 is 1.48 bits per heavy atom. The zero-order chi connectivity index (χ0) is 18.0. The summed E-state index contributed by atoms with van der Waals surface area (Å²) in [4.78, 5) is 0. The molecule has 1 fully saturated rings. The van der Waals surface area contributed by atoms with Crippen molar-refractivity contribution in [1.29, 1.82) is 0 Å². The van der Waals surface area contributed by atoms with E-state index in [1.807, 2.05) is 12.1 Å². The first-order valence-corrected chi connectivity index (χ1v) is 13.2. The average molecular weight is 564 g/mol.